The highest BCUT2D eigenvalue weighted by Gasteiger charge is 2.27. The number of alkyl carbamates (subject to hydrolysis) is 1. The lowest BCUT2D eigenvalue weighted by Gasteiger charge is -2.23. The molecule has 1 aliphatic rings. The van der Waals surface area contributed by atoms with Gasteiger partial charge in [-0.2, -0.15) is 0 Å². The monoisotopic (exact) mass is 531 g/mol. The lowest BCUT2D eigenvalue weighted by molar-refractivity contribution is 0.0507. The summed E-state index contributed by atoms with van der Waals surface area (Å²) in [5, 5.41) is 13.3. The molecule has 0 aromatic carbocycles. The fourth-order valence-electron chi connectivity index (χ4n) is 3.00. The van der Waals surface area contributed by atoms with Crippen molar-refractivity contribution in [3.63, 3.8) is 0 Å². The van der Waals surface area contributed by atoms with Gasteiger partial charge in [-0.15, -0.1) is 29.1 Å². The maximum Gasteiger partial charge on any atom is 0.407 e. The predicted molar refractivity (Wildman–Crippen MR) is 124 cm³/mol. The molecule has 0 spiro atoms. The fourth-order valence-corrected chi connectivity index (χ4v) is 3.00. The number of aromatic nitrogens is 3. The van der Waals surface area contributed by atoms with Gasteiger partial charge in [-0.3, -0.25) is 5.10 Å². The highest BCUT2D eigenvalue weighted by Crippen LogP contribution is 2.15. The van der Waals surface area contributed by atoms with E-state index in [1.54, 1.807) is 12.3 Å². The fraction of sp³-hybridized carbons (Fsp3) is 0.579. The summed E-state index contributed by atoms with van der Waals surface area (Å²) in [6.07, 6.45) is 2.02. The van der Waals surface area contributed by atoms with Crippen LogP contribution in [0, 0.1) is 0 Å². The Morgan fingerprint density at radius 1 is 1.47 bits per heavy atom. The first-order chi connectivity index (χ1) is 13.8. The number of nitrogens with one attached hydrogen (secondary N) is 3. The number of likely N-dealkylation sites (tertiary alicyclic amines) is 1. The first-order valence-corrected chi connectivity index (χ1v) is 9.82. The van der Waals surface area contributed by atoms with E-state index in [2.05, 4.69) is 35.7 Å². The van der Waals surface area contributed by atoms with Crippen LogP contribution in [0.25, 0.3) is 11.6 Å². The van der Waals surface area contributed by atoms with Gasteiger partial charge in [0.15, 0.2) is 11.7 Å². The van der Waals surface area contributed by atoms with E-state index < -0.39 is 11.7 Å². The van der Waals surface area contributed by atoms with Crippen molar-refractivity contribution < 1.29 is 13.9 Å². The van der Waals surface area contributed by atoms with Crippen LogP contribution in [0.3, 0.4) is 0 Å². The maximum absolute atomic E-state index is 12.0. The lowest BCUT2D eigenvalue weighted by atomic mass is 10.2. The molecule has 166 valence electrons. The van der Waals surface area contributed by atoms with Gasteiger partial charge in [0.2, 0.25) is 5.82 Å². The number of hydrogen-bond acceptors (Lipinski definition) is 6. The number of nitrogens with zero attached hydrogens (tertiary/aromatic N) is 4. The molecule has 1 fully saturated rings. The van der Waals surface area contributed by atoms with Crippen LogP contribution in [0.15, 0.2) is 27.8 Å². The highest BCUT2D eigenvalue weighted by atomic mass is 127. The Kier molecular flexibility index (Phi) is 8.50. The van der Waals surface area contributed by atoms with Gasteiger partial charge in [0.05, 0.1) is 12.3 Å². The van der Waals surface area contributed by atoms with Gasteiger partial charge < -0.3 is 24.7 Å². The van der Waals surface area contributed by atoms with E-state index >= 15 is 0 Å². The Morgan fingerprint density at radius 2 is 2.27 bits per heavy atom. The zero-order chi connectivity index (χ0) is 20.9. The molecule has 1 amide bonds. The molecule has 30 heavy (non-hydrogen) atoms. The molecule has 10 nitrogen and oxygen atoms in total. The third kappa shape index (κ3) is 6.89. The number of furan rings is 1. The molecular formula is C19H30IN7O3. The molecule has 1 unspecified atom stereocenters. The molecule has 2 aromatic heterocycles. The van der Waals surface area contributed by atoms with Crippen LogP contribution in [0.5, 0.6) is 0 Å². The third-order valence-electron chi connectivity index (χ3n) is 4.20. The molecular weight excluding hydrogens is 501 g/mol. The summed E-state index contributed by atoms with van der Waals surface area (Å²) in [5.41, 5.74) is -0.510. The van der Waals surface area contributed by atoms with Crippen molar-refractivity contribution in [3.05, 3.63) is 24.2 Å². The number of H-pyrrole nitrogens is 1. The van der Waals surface area contributed by atoms with Crippen LogP contribution >= 0.6 is 24.0 Å². The van der Waals surface area contributed by atoms with Crippen molar-refractivity contribution in [2.24, 2.45) is 4.99 Å². The zero-order valence-corrected chi connectivity index (χ0v) is 20.1. The van der Waals surface area contributed by atoms with E-state index in [4.69, 9.17) is 9.15 Å². The Morgan fingerprint density at radius 3 is 2.93 bits per heavy atom. The van der Waals surface area contributed by atoms with Crippen molar-refractivity contribution >= 4 is 36.0 Å². The molecule has 3 N–H and O–H groups in total. The lowest BCUT2D eigenvalue weighted by Crippen LogP contribution is -2.44. The maximum atomic E-state index is 12.0. The van der Waals surface area contributed by atoms with Crippen LogP contribution in [0.4, 0.5) is 4.79 Å². The smallest absolute Gasteiger partial charge is 0.407 e. The van der Waals surface area contributed by atoms with Gasteiger partial charge in [-0.1, -0.05) is 0 Å². The Hall–Kier alpha value is -2.31. The van der Waals surface area contributed by atoms with E-state index in [0.29, 0.717) is 30.5 Å². The molecule has 0 saturated carbocycles. The first kappa shape index (κ1) is 24.0. The minimum Gasteiger partial charge on any atom is -0.461 e. The van der Waals surface area contributed by atoms with Gasteiger partial charge >= 0.3 is 6.09 Å². The summed E-state index contributed by atoms with van der Waals surface area (Å²) in [5.74, 6) is 2.54. The average Bonchev–Trinajstić information content (AvgIpc) is 3.37. The van der Waals surface area contributed by atoms with E-state index in [1.165, 1.54) is 0 Å². The first-order valence-electron chi connectivity index (χ1n) is 9.82. The van der Waals surface area contributed by atoms with Crippen molar-refractivity contribution in [3.8, 4) is 11.6 Å². The number of hydrogen-bond donors (Lipinski definition) is 3. The molecule has 1 atom stereocenters. The average molecular weight is 531 g/mol. The molecule has 0 radical (unpaired) electrons. The number of carbonyl (C=O) groups is 1. The summed E-state index contributed by atoms with van der Waals surface area (Å²) in [6.45, 7) is 10.1. The summed E-state index contributed by atoms with van der Waals surface area (Å²) < 4.78 is 10.6. The summed E-state index contributed by atoms with van der Waals surface area (Å²) >= 11 is 0. The number of ether oxygens (including phenoxy) is 1. The molecule has 0 bridgehead atoms. The minimum atomic E-state index is -0.510. The standard InChI is InChI=1S/C19H29N7O3.HI/c1-5-20-17(21-11-15-23-16(25-24-15)14-7-6-10-28-14)26-9-8-13(12-26)22-18(27)29-19(2,3)4;/h6-7,10,13H,5,8-9,11-12H2,1-4H3,(H,20,21)(H,22,27)(H,23,24,25);1H. The van der Waals surface area contributed by atoms with Crippen molar-refractivity contribution in [1.82, 2.24) is 30.7 Å². The number of guanidine groups is 1. The second-order valence-electron chi connectivity index (χ2n) is 7.83. The van der Waals surface area contributed by atoms with Crippen molar-refractivity contribution in [2.45, 2.75) is 52.3 Å². The van der Waals surface area contributed by atoms with Crippen LogP contribution in [-0.2, 0) is 11.3 Å². The Labute approximate surface area is 193 Å². The van der Waals surface area contributed by atoms with Crippen molar-refractivity contribution in [2.75, 3.05) is 19.6 Å². The van der Waals surface area contributed by atoms with Crippen LogP contribution in [0.1, 0.15) is 39.9 Å². The number of halogens is 1. The highest BCUT2D eigenvalue weighted by molar-refractivity contribution is 14.0. The second-order valence-corrected chi connectivity index (χ2v) is 7.83. The summed E-state index contributed by atoms with van der Waals surface area (Å²) in [4.78, 5) is 23.2. The van der Waals surface area contributed by atoms with Crippen LogP contribution in [-0.4, -0.2) is 63.4 Å². The predicted octanol–water partition coefficient (Wildman–Crippen LogP) is 2.75. The molecule has 3 rings (SSSR count). The molecule has 2 aromatic rings. The quantitative estimate of drug-likeness (QED) is 0.308. The van der Waals surface area contributed by atoms with Gasteiger partial charge in [0, 0.05) is 19.6 Å². The van der Waals surface area contributed by atoms with Gasteiger partial charge in [0.25, 0.3) is 0 Å². The zero-order valence-electron chi connectivity index (χ0n) is 17.8. The molecule has 0 aliphatic carbocycles. The number of rotatable bonds is 5. The number of amides is 1. The molecule has 1 aliphatic heterocycles. The molecule has 1 saturated heterocycles. The minimum absolute atomic E-state index is 0. The van der Waals surface area contributed by atoms with Crippen LogP contribution in [0.2, 0.25) is 0 Å². The molecule has 3 heterocycles. The van der Waals surface area contributed by atoms with Crippen molar-refractivity contribution in [1.29, 1.82) is 0 Å². The Bertz CT molecular complexity index is 830. The third-order valence-corrected chi connectivity index (χ3v) is 4.20. The SMILES string of the molecule is CCNC(=NCc1nc(-c2ccco2)n[nH]1)N1CCC(NC(=O)OC(C)(C)C)C1.I. The van der Waals surface area contributed by atoms with Gasteiger partial charge in [0.1, 0.15) is 18.0 Å². The molecule has 11 heteroatoms. The van der Waals surface area contributed by atoms with Crippen LogP contribution < -0.4 is 10.6 Å². The number of carbonyl (C=O) groups excluding carboxylic acids is 1. The van der Waals surface area contributed by atoms with Gasteiger partial charge in [-0.25, -0.2) is 14.8 Å². The van der Waals surface area contributed by atoms with E-state index in [-0.39, 0.29) is 30.0 Å². The Balaban J connectivity index is 0.00000320. The van der Waals surface area contributed by atoms with Gasteiger partial charge in [-0.05, 0) is 46.2 Å². The van der Waals surface area contributed by atoms with E-state index in [9.17, 15) is 4.79 Å². The number of aromatic amines is 1. The normalized spacial score (nSPS) is 16.9. The van der Waals surface area contributed by atoms with E-state index in [1.807, 2.05) is 33.8 Å². The summed E-state index contributed by atoms with van der Waals surface area (Å²) in [6, 6.07) is 3.62. The van der Waals surface area contributed by atoms with E-state index in [0.717, 1.165) is 25.5 Å². The number of aliphatic imine (C=N–C) groups is 1. The largest absolute Gasteiger partial charge is 0.461 e. The topological polar surface area (TPSA) is 121 Å². The second kappa shape index (κ2) is 10.6. The summed E-state index contributed by atoms with van der Waals surface area (Å²) in [7, 11) is 0.